The Bertz CT molecular complexity index is 802. The molecule has 2 rings (SSSR count). The lowest BCUT2D eigenvalue weighted by atomic mass is 10.2. The Morgan fingerprint density at radius 1 is 1.19 bits per heavy atom. The Hall–Kier alpha value is -1.86. The van der Waals surface area contributed by atoms with Gasteiger partial charge >= 0.3 is 5.97 Å². The summed E-state index contributed by atoms with van der Waals surface area (Å²) < 4.78 is 27.8. The van der Waals surface area contributed by atoms with Crippen LogP contribution in [0.4, 0.5) is 5.69 Å². The van der Waals surface area contributed by atoms with E-state index >= 15 is 0 Å². The number of carboxylic acid groups (broad SMARTS) is 1. The molecule has 0 aliphatic carbocycles. The number of nitrogens with one attached hydrogen (secondary N) is 1. The van der Waals surface area contributed by atoms with Crippen molar-refractivity contribution in [2.45, 2.75) is 11.8 Å². The van der Waals surface area contributed by atoms with Crippen molar-refractivity contribution in [3.05, 3.63) is 58.1 Å². The molecule has 110 valence electrons. The van der Waals surface area contributed by atoms with Crippen LogP contribution in [-0.2, 0) is 10.0 Å². The first-order valence-corrected chi connectivity index (χ1v) is 8.20. The molecule has 0 aliphatic heterocycles. The number of hydrogen-bond donors (Lipinski definition) is 2. The molecule has 2 N–H and O–H groups in total. The van der Waals surface area contributed by atoms with Gasteiger partial charge in [0.15, 0.2) is 0 Å². The van der Waals surface area contributed by atoms with Crippen molar-refractivity contribution in [2.75, 3.05) is 4.72 Å². The van der Waals surface area contributed by atoms with Gasteiger partial charge in [0.2, 0.25) is 0 Å². The monoisotopic (exact) mass is 369 g/mol. The average Bonchev–Trinajstić information content (AvgIpc) is 2.41. The van der Waals surface area contributed by atoms with Gasteiger partial charge in [0.05, 0.1) is 16.1 Å². The van der Waals surface area contributed by atoms with Crippen LogP contribution in [0.25, 0.3) is 0 Å². The molecule has 0 radical (unpaired) electrons. The molecule has 0 spiro atoms. The van der Waals surface area contributed by atoms with E-state index in [2.05, 4.69) is 20.7 Å². The van der Waals surface area contributed by atoms with Gasteiger partial charge in [-0.25, -0.2) is 13.2 Å². The standard InChI is InChI=1S/C14H12BrNO4S/c1-9-6-7-10(15)8-13(9)21(19,20)16-12-5-3-2-4-11(12)14(17)18/h2-8,16H,1H3,(H,17,18). The Labute approximate surface area is 130 Å². The number of carboxylic acids is 1. The van der Waals surface area contributed by atoms with Gasteiger partial charge in [-0.2, -0.15) is 0 Å². The van der Waals surface area contributed by atoms with Gasteiger partial charge in [-0.05, 0) is 36.8 Å². The smallest absolute Gasteiger partial charge is 0.337 e. The maximum Gasteiger partial charge on any atom is 0.337 e. The highest BCUT2D eigenvalue weighted by atomic mass is 79.9. The van der Waals surface area contributed by atoms with Crippen molar-refractivity contribution in [1.82, 2.24) is 0 Å². The van der Waals surface area contributed by atoms with E-state index in [4.69, 9.17) is 5.11 Å². The first kappa shape index (κ1) is 15.5. The molecule has 5 nitrogen and oxygen atoms in total. The van der Waals surface area contributed by atoms with E-state index in [0.29, 0.717) is 10.0 Å². The number of para-hydroxylation sites is 1. The molecule has 0 bridgehead atoms. The minimum atomic E-state index is -3.87. The van der Waals surface area contributed by atoms with E-state index < -0.39 is 16.0 Å². The lowest BCUT2D eigenvalue weighted by Gasteiger charge is -2.12. The quantitative estimate of drug-likeness (QED) is 0.866. The number of benzene rings is 2. The fourth-order valence-electron chi connectivity index (χ4n) is 1.82. The van der Waals surface area contributed by atoms with Crippen LogP contribution < -0.4 is 4.72 Å². The molecule has 0 saturated heterocycles. The highest BCUT2D eigenvalue weighted by molar-refractivity contribution is 9.10. The second-order valence-corrected chi connectivity index (χ2v) is 6.93. The first-order valence-electron chi connectivity index (χ1n) is 5.92. The van der Waals surface area contributed by atoms with Crippen LogP contribution >= 0.6 is 15.9 Å². The summed E-state index contributed by atoms with van der Waals surface area (Å²) in [7, 11) is -3.87. The Morgan fingerprint density at radius 3 is 2.52 bits per heavy atom. The van der Waals surface area contributed by atoms with Crippen molar-refractivity contribution in [3.63, 3.8) is 0 Å². The second kappa shape index (κ2) is 5.87. The van der Waals surface area contributed by atoms with Crippen LogP contribution in [0.2, 0.25) is 0 Å². The third-order valence-corrected chi connectivity index (χ3v) is 4.84. The zero-order valence-corrected chi connectivity index (χ0v) is 13.4. The minimum Gasteiger partial charge on any atom is -0.478 e. The van der Waals surface area contributed by atoms with Gasteiger partial charge < -0.3 is 5.11 Å². The number of hydrogen-bond acceptors (Lipinski definition) is 3. The van der Waals surface area contributed by atoms with E-state index in [0.717, 1.165) is 0 Å². The van der Waals surface area contributed by atoms with Gasteiger partial charge in [0, 0.05) is 4.47 Å². The highest BCUT2D eigenvalue weighted by Crippen LogP contribution is 2.24. The van der Waals surface area contributed by atoms with Gasteiger partial charge in [0.1, 0.15) is 0 Å². The molecule has 0 aliphatic rings. The Balaban J connectivity index is 2.48. The molecule has 0 saturated carbocycles. The van der Waals surface area contributed by atoms with Crippen LogP contribution in [0.3, 0.4) is 0 Å². The van der Waals surface area contributed by atoms with Crippen molar-refractivity contribution in [2.24, 2.45) is 0 Å². The van der Waals surface area contributed by atoms with Crippen LogP contribution in [0.15, 0.2) is 51.8 Å². The Morgan fingerprint density at radius 2 is 1.86 bits per heavy atom. The Kier molecular flexibility index (Phi) is 4.34. The lowest BCUT2D eigenvalue weighted by Crippen LogP contribution is -2.16. The molecule has 0 heterocycles. The second-order valence-electron chi connectivity index (χ2n) is 4.37. The summed E-state index contributed by atoms with van der Waals surface area (Å²) in [6, 6.07) is 10.7. The predicted octanol–water partition coefficient (Wildman–Crippen LogP) is 3.26. The van der Waals surface area contributed by atoms with Gasteiger partial charge in [-0.1, -0.05) is 34.1 Å². The van der Waals surface area contributed by atoms with Crippen molar-refractivity contribution >= 4 is 37.6 Å². The summed E-state index contributed by atoms with van der Waals surface area (Å²) in [4.78, 5) is 11.2. The topological polar surface area (TPSA) is 83.5 Å². The van der Waals surface area contributed by atoms with Crippen LogP contribution in [-0.4, -0.2) is 19.5 Å². The first-order chi connectivity index (χ1) is 9.81. The molecule has 21 heavy (non-hydrogen) atoms. The zero-order chi connectivity index (χ0) is 15.6. The number of aromatic carboxylic acids is 1. The summed E-state index contributed by atoms with van der Waals surface area (Å²) in [6.07, 6.45) is 0. The molecule has 7 heteroatoms. The van der Waals surface area contributed by atoms with Crippen molar-refractivity contribution in [1.29, 1.82) is 0 Å². The van der Waals surface area contributed by atoms with E-state index in [-0.39, 0.29) is 16.1 Å². The zero-order valence-electron chi connectivity index (χ0n) is 11.0. The summed E-state index contributed by atoms with van der Waals surface area (Å²) in [5, 5.41) is 9.09. The maximum atomic E-state index is 12.4. The summed E-state index contributed by atoms with van der Waals surface area (Å²) in [6.45, 7) is 1.67. The number of rotatable bonds is 4. The lowest BCUT2D eigenvalue weighted by molar-refractivity contribution is 0.0698. The van der Waals surface area contributed by atoms with Gasteiger partial charge in [-0.15, -0.1) is 0 Å². The fourth-order valence-corrected chi connectivity index (χ4v) is 3.69. The van der Waals surface area contributed by atoms with Crippen molar-refractivity contribution in [3.8, 4) is 0 Å². The highest BCUT2D eigenvalue weighted by Gasteiger charge is 2.20. The van der Waals surface area contributed by atoms with E-state index in [1.54, 1.807) is 25.1 Å². The molecule has 0 atom stereocenters. The molecule has 2 aromatic rings. The van der Waals surface area contributed by atoms with Crippen LogP contribution in [0, 0.1) is 6.92 Å². The molecule has 0 amide bonds. The van der Waals surface area contributed by atoms with Crippen LogP contribution in [0.1, 0.15) is 15.9 Å². The summed E-state index contributed by atoms with van der Waals surface area (Å²) in [5.41, 5.74) is 0.497. The molecule has 0 fully saturated rings. The van der Waals surface area contributed by atoms with Crippen molar-refractivity contribution < 1.29 is 18.3 Å². The van der Waals surface area contributed by atoms with Gasteiger partial charge in [-0.3, -0.25) is 4.72 Å². The third-order valence-electron chi connectivity index (χ3n) is 2.84. The van der Waals surface area contributed by atoms with E-state index in [1.165, 1.54) is 24.3 Å². The SMILES string of the molecule is Cc1ccc(Br)cc1S(=O)(=O)Nc1ccccc1C(=O)O. The predicted molar refractivity (Wildman–Crippen MR) is 83.1 cm³/mol. The third kappa shape index (κ3) is 3.43. The van der Waals surface area contributed by atoms with E-state index in [1.807, 2.05) is 0 Å². The molecule has 0 unspecified atom stereocenters. The fraction of sp³-hybridized carbons (Fsp3) is 0.0714. The average molecular weight is 370 g/mol. The largest absolute Gasteiger partial charge is 0.478 e. The number of anilines is 1. The normalized spacial score (nSPS) is 11.1. The number of halogens is 1. The molecule has 2 aromatic carbocycles. The minimum absolute atomic E-state index is 0.0318. The number of carbonyl (C=O) groups is 1. The van der Waals surface area contributed by atoms with Gasteiger partial charge in [0.25, 0.3) is 10.0 Å². The molecular weight excluding hydrogens is 358 g/mol. The maximum absolute atomic E-state index is 12.4. The number of aryl methyl sites for hydroxylation is 1. The summed E-state index contributed by atoms with van der Waals surface area (Å²) in [5.74, 6) is -1.20. The molecule has 0 aromatic heterocycles. The molecular formula is C14H12BrNO4S. The van der Waals surface area contributed by atoms with E-state index in [9.17, 15) is 13.2 Å². The number of sulfonamides is 1. The summed E-state index contributed by atoms with van der Waals surface area (Å²) >= 11 is 3.23. The van der Waals surface area contributed by atoms with Crippen LogP contribution in [0.5, 0.6) is 0 Å².